The van der Waals surface area contributed by atoms with Crippen LogP contribution in [-0.2, 0) is 22.8 Å². The lowest BCUT2D eigenvalue weighted by atomic mass is 9.64. The molecular weight excluding hydrogens is 682 g/mol. The van der Waals surface area contributed by atoms with Gasteiger partial charge in [-0.1, -0.05) is 64.1 Å². The number of hydrogen-bond donors (Lipinski definition) is 1. The zero-order valence-electron chi connectivity index (χ0n) is 29.3. The van der Waals surface area contributed by atoms with E-state index in [-0.39, 0.29) is 29.0 Å². The third-order valence-electron chi connectivity index (χ3n) is 9.31. The number of rotatable bonds is 11. The Morgan fingerprint density at radius 2 is 1.27 bits per heavy atom. The molecule has 0 saturated carbocycles. The standard InChI is InChI=1S/C41H46BrNO6/c1-7-46-34-16-26(14-15-33(34)48-23-25-12-10-9-11-13-25)24-49-39-28(42)17-27(18-35(39)47-8-2)36-37-29(19-40(3,4)21-31(37)44)43-30-20-41(5,6)22-32(45)38(30)36/h9-18,36,43H,7-8,19-24H2,1-6H3. The molecule has 3 aromatic carbocycles. The van der Waals surface area contributed by atoms with E-state index >= 15 is 0 Å². The van der Waals surface area contributed by atoms with Crippen molar-refractivity contribution in [3.8, 4) is 23.0 Å². The number of allylic oxidation sites excluding steroid dienone is 4. The Balaban J connectivity index is 1.31. The van der Waals surface area contributed by atoms with Crippen molar-refractivity contribution >= 4 is 27.5 Å². The van der Waals surface area contributed by atoms with E-state index in [0.717, 1.165) is 40.9 Å². The third-order valence-corrected chi connectivity index (χ3v) is 9.90. The summed E-state index contributed by atoms with van der Waals surface area (Å²) in [6, 6.07) is 19.8. The van der Waals surface area contributed by atoms with Crippen molar-refractivity contribution < 1.29 is 28.5 Å². The van der Waals surface area contributed by atoms with Crippen LogP contribution in [-0.4, -0.2) is 24.8 Å². The Labute approximate surface area is 298 Å². The number of halogens is 1. The summed E-state index contributed by atoms with van der Waals surface area (Å²) in [4.78, 5) is 27.7. The molecule has 8 heteroatoms. The predicted octanol–water partition coefficient (Wildman–Crippen LogP) is 9.38. The molecule has 258 valence electrons. The van der Waals surface area contributed by atoms with E-state index in [1.54, 1.807) is 0 Å². The molecule has 3 aromatic rings. The maximum absolute atomic E-state index is 13.9. The van der Waals surface area contributed by atoms with Gasteiger partial charge >= 0.3 is 0 Å². The van der Waals surface area contributed by atoms with Gasteiger partial charge in [0.1, 0.15) is 13.2 Å². The highest BCUT2D eigenvalue weighted by Crippen LogP contribution is 2.52. The second-order valence-corrected chi connectivity index (χ2v) is 15.6. The maximum Gasteiger partial charge on any atom is 0.175 e. The summed E-state index contributed by atoms with van der Waals surface area (Å²) in [6.07, 6.45) is 2.37. The van der Waals surface area contributed by atoms with Crippen molar-refractivity contribution in [2.75, 3.05) is 13.2 Å². The first kappa shape index (κ1) is 34.8. The lowest BCUT2D eigenvalue weighted by Crippen LogP contribution is -2.42. The van der Waals surface area contributed by atoms with E-state index in [0.29, 0.717) is 71.3 Å². The summed E-state index contributed by atoms with van der Waals surface area (Å²) in [6.45, 7) is 14.0. The monoisotopic (exact) mass is 727 g/mol. The molecule has 1 heterocycles. The molecule has 0 amide bonds. The van der Waals surface area contributed by atoms with Crippen LogP contribution in [0, 0.1) is 10.8 Å². The van der Waals surface area contributed by atoms with Gasteiger partial charge in [-0.15, -0.1) is 0 Å². The molecule has 2 aliphatic carbocycles. The van der Waals surface area contributed by atoms with Gasteiger partial charge in [0, 0.05) is 41.3 Å². The number of nitrogens with one attached hydrogen (secondary N) is 1. The van der Waals surface area contributed by atoms with Crippen LogP contribution < -0.4 is 24.3 Å². The molecule has 7 nitrogen and oxygen atoms in total. The molecule has 1 aliphatic heterocycles. The molecule has 0 radical (unpaired) electrons. The zero-order chi connectivity index (χ0) is 34.9. The Morgan fingerprint density at radius 1 is 0.673 bits per heavy atom. The topological polar surface area (TPSA) is 83.1 Å². The van der Waals surface area contributed by atoms with Gasteiger partial charge in [0.25, 0.3) is 0 Å². The first-order valence-corrected chi connectivity index (χ1v) is 18.0. The first-order chi connectivity index (χ1) is 23.4. The minimum Gasteiger partial charge on any atom is -0.490 e. The second kappa shape index (κ2) is 14.1. The van der Waals surface area contributed by atoms with Gasteiger partial charge in [0.05, 0.1) is 17.7 Å². The molecule has 0 bridgehead atoms. The number of Topliss-reactive ketones (excluding diaryl/α,β-unsaturated/α-hetero) is 2. The molecule has 0 unspecified atom stereocenters. The molecule has 0 aromatic heterocycles. The van der Waals surface area contributed by atoms with Crippen molar-refractivity contribution in [2.24, 2.45) is 10.8 Å². The highest BCUT2D eigenvalue weighted by atomic mass is 79.9. The Bertz CT molecular complexity index is 1770. The molecule has 49 heavy (non-hydrogen) atoms. The number of ketones is 2. The minimum atomic E-state index is -0.472. The fourth-order valence-corrected chi connectivity index (χ4v) is 7.87. The van der Waals surface area contributed by atoms with E-state index in [4.69, 9.17) is 18.9 Å². The van der Waals surface area contributed by atoms with Crippen LogP contribution in [0.2, 0.25) is 0 Å². The van der Waals surface area contributed by atoms with E-state index in [1.807, 2.05) is 74.5 Å². The van der Waals surface area contributed by atoms with E-state index in [9.17, 15) is 9.59 Å². The van der Waals surface area contributed by atoms with E-state index in [2.05, 4.69) is 48.9 Å². The Hall–Kier alpha value is -4.04. The lowest BCUT2D eigenvalue weighted by Gasteiger charge is -2.44. The maximum atomic E-state index is 13.9. The Morgan fingerprint density at radius 3 is 1.88 bits per heavy atom. The second-order valence-electron chi connectivity index (χ2n) is 14.8. The average molecular weight is 729 g/mol. The van der Waals surface area contributed by atoms with Crippen molar-refractivity contribution in [2.45, 2.75) is 86.4 Å². The molecular formula is C41H46BrNO6. The van der Waals surface area contributed by atoms with Gasteiger partial charge in [-0.3, -0.25) is 9.59 Å². The van der Waals surface area contributed by atoms with Crippen LogP contribution in [0.5, 0.6) is 23.0 Å². The summed E-state index contributed by atoms with van der Waals surface area (Å²) < 4.78 is 25.3. The SMILES string of the molecule is CCOc1cc(COc2c(Br)cc(C3C4=C(CC(C)(C)CC4=O)NC4=C3C(=O)CC(C)(C)C4)cc2OCC)ccc1OCc1ccccc1. The van der Waals surface area contributed by atoms with Gasteiger partial charge in [-0.05, 0) is 94.4 Å². The fourth-order valence-electron chi connectivity index (χ4n) is 7.30. The van der Waals surface area contributed by atoms with Crippen LogP contribution in [0.25, 0.3) is 0 Å². The molecule has 0 saturated heterocycles. The molecule has 0 spiro atoms. The average Bonchev–Trinajstić information content (AvgIpc) is 3.02. The van der Waals surface area contributed by atoms with Crippen LogP contribution >= 0.6 is 15.9 Å². The highest BCUT2D eigenvalue weighted by Gasteiger charge is 2.46. The third kappa shape index (κ3) is 7.59. The fraction of sp³-hybridized carbons (Fsp3) is 0.415. The molecule has 6 rings (SSSR count). The van der Waals surface area contributed by atoms with Crippen molar-refractivity contribution in [3.05, 3.63) is 104 Å². The zero-order valence-corrected chi connectivity index (χ0v) is 30.9. The number of ether oxygens (including phenoxy) is 4. The first-order valence-electron chi connectivity index (χ1n) is 17.2. The number of hydrogen-bond acceptors (Lipinski definition) is 7. The van der Waals surface area contributed by atoms with Crippen LogP contribution in [0.3, 0.4) is 0 Å². The van der Waals surface area contributed by atoms with Crippen molar-refractivity contribution in [3.63, 3.8) is 0 Å². The summed E-state index contributed by atoms with van der Waals surface area (Å²) >= 11 is 3.78. The van der Waals surface area contributed by atoms with E-state index < -0.39 is 5.92 Å². The number of dihydropyridines is 1. The quantitative estimate of drug-likeness (QED) is 0.211. The predicted molar refractivity (Wildman–Crippen MR) is 194 cm³/mol. The largest absolute Gasteiger partial charge is 0.490 e. The van der Waals surface area contributed by atoms with Gasteiger partial charge in [0.2, 0.25) is 0 Å². The Kier molecular flexibility index (Phi) is 9.99. The smallest absolute Gasteiger partial charge is 0.175 e. The van der Waals surface area contributed by atoms with Crippen molar-refractivity contribution in [1.29, 1.82) is 0 Å². The summed E-state index contributed by atoms with van der Waals surface area (Å²) in [5.41, 5.74) is 5.77. The lowest BCUT2D eigenvalue weighted by molar-refractivity contribution is -0.119. The van der Waals surface area contributed by atoms with Crippen LogP contribution in [0.1, 0.15) is 89.8 Å². The van der Waals surface area contributed by atoms with Crippen LogP contribution in [0.15, 0.2) is 87.7 Å². The van der Waals surface area contributed by atoms with E-state index in [1.165, 1.54) is 0 Å². The summed E-state index contributed by atoms with van der Waals surface area (Å²) in [7, 11) is 0. The summed E-state index contributed by atoms with van der Waals surface area (Å²) in [5, 5.41) is 3.60. The van der Waals surface area contributed by atoms with Gasteiger partial charge in [0.15, 0.2) is 34.6 Å². The summed E-state index contributed by atoms with van der Waals surface area (Å²) in [5.74, 6) is 2.12. The normalized spacial score (nSPS) is 18.4. The van der Waals surface area contributed by atoms with Crippen LogP contribution in [0.4, 0.5) is 0 Å². The number of carbonyl (C=O) groups excluding carboxylic acids is 2. The van der Waals surface area contributed by atoms with Gasteiger partial charge < -0.3 is 24.3 Å². The van der Waals surface area contributed by atoms with Gasteiger partial charge in [-0.2, -0.15) is 0 Å². The number of carbonyl (C=O) groups is 2. The molecule has 0 atom stereocenters. The molecule has 0 fully saturated rings. The highest BCUT2D eigenvalue weighted by molar-refractivity contribution is 9.10. The minimum absolute atomic E-state index is 0.0867. The van der Waals surface area contributed by atoms with Gasteiger partial charge in [-0.25, -0.2) is 0 Å². The molecule has 1 N–H and O–H groups in total. The number of benzene rings is 3. The van der Waals surface area contributed by atoms with Crippen molar-refractivity contribution in [1.82, 2.24) is 5.32 Å². The molecule has 3 aliphatic rings.